The van der Waals surface area contributed by atoms with Gasteiger partial charge in [-0.25, -0.2) is 0 Å². The van der Waals surface area contributed by atoms with Gasteiger partial charge in [-0.05, 0) is 38.5 Å². The van der Waals surface area contributed by atoms with Crippen LogP contribution in [0.1, 0.15) is 16.8 Å². The van der Waals surface area contributed by atoms with E-state index in [2.05, 4.69) is 50.6 Å². The molecular formula is C12H15N. The summed E-state index contributed by atoms with van der Waals surface area (Å²) in [7, 11) is 2.12. The zero-order chi connectivity index (χ0) is 9.59. The van der Waals surface area contributed by atoms with Gasteiger partial charge >= 0.3 is 0 Å². The number of nitrogens with zero attached hydrogens (tertiary/aromatic N) is 1. The van der Waals surface area contributed by atoms with Crippen molar-refractivity contribution in [1.29, 1.82) is 0 Å². The molecule has 1 heterocycles. The molecule has 0 N–H and O–H groups in total. The van der Waals surface area contributed by atoms with Gasteiger partial charge in [0.2, 0.25) is 0 Å². The van der Waals surface area contributed by atoms with Crippen molar-refractivity contribution in [2.24, 2.45) is 7.05 Å². The van der Waals surface area contributed by atoms with Crippen LogP contribution in [-0.4, -0.2) is 4.57 Å². The molecule has 0 fully saturated rings. The lowest BCUT2D eigenvalue weighted by Gasteiger charge is -2.03. The predicted molar refractivity (Wildman–Crippen MR) is 57.1 cm³/mol. The van der Waals surface area contributed by atoms with E-state index in [1.165, 1.54) is 27.7 Å². The maximum Gasteiger partial charge on any atom is 0.0509 e. The molecule has 0 aliphatic rings. The molecule has 2 rings (SSSR count). The number of benzene rings is 1. The van der Waals surface area contributed by atoms with Crippen LogP contribution in [0.5, 0.6) is 0 Å². The highest BCUT2D eigenvalue weighted by Gasteiger charge is 2.04. The van der Waals surface area contributed by atoms with Crippen LogP contribution in [0.2, 0.25) is 0 Å². The number of hydrogen-bond acceptors (Lipinski definition) is 0. The SMILES string of the molecule is Cc1cc(C)c2c(c1)cc(C)n2C. The van der Waals surface area contributed by atoms with E-state index in [1.807, 2.05) is 0 Å². The van der Waals surface area contributed by atoms with Crippen molar-refractivity contribution in [1.82, 2.24) is 4.57 Å². The van der Waals surface area contributed by atoms with Crippen molar-refractivity contribution in [3.8, 4) is 0 Å². The summed E-state index contributed by atoms with van der Waals surface area (Å²) in [5.41, 5.74) is 5.40. The molecule has 0 unspecified atom stereocenters. The van der Waals surface area contributed by atoms with Gasteiger partial charge < -0.3 is 4.57 Å². The van der Waals surface area contributed by atoms with E-state index < -0.39 is 0 Å². The van der Waals surface area contributed by atoms with Gasteiger partial charge in [-0.3, -0.25) is 0 Å². The Morgan fingerprint density at radius 2 is 1.69 bits per heavy atom. The minimum absolute atomic E-state index is 1.32. The molecule has 1 heteroatoms. The highest BCUT2D eigenvalue weighted by atomic mass is 14.9. The number of hydrogen-bond donors (Lipinski definition) is 0. The second-order valence-corrected chi connectivity index (χ2v) is 3.86. The van der Waals surface area contributed by atoms with Crippen molar-refractivity contribution in [3.63, 3.8) is 0 Å². The summed E-state index contributed by atoms with van der Waals surface area (Å²) < 4.78 is 2.25. The maximum atomic E-state index is 2.25. The summed E-state index contributed by atoms with van der Waals surface area (Å²) in [6, 6.07) is 6.73. The third kappa shape index (κ3) is 1.15. The minimum Gasteiger partial charge on any atom is -0.348 e. The van der Waals surface area contributed by atoms with Crippen LogP contribution >= 0.6 is 0 Å². The van der Waals surface area contributed by atoms with Gasteiger partial charge in [0.25, 0.3) is 0 Å². The summed E-state index contributed by atoms with van der Waals surface area (Å²) in [4.78, 5) is 0. The molecule has 1 nitrogen and oxygen atoms in total. The smallest absolute Gasteiger partial charge is 0.0509 e. The third-order valence-electron chi connectivity index (χ3n) is 2.70. The number of aromatic nitrogens is 1. The van der Waals surface area contributed by atoms with E-state index in [0.717, 1.165) is 0 Å². The fourth-order valence-electron chi connectivity index (χ4n) is 2.06. The topological polar surface area (TPSA) is 4.93 Å². The predicted octanol–water partition coefficient (Wildman–Crippen LogP) is 3.10. The Morgan fingerprint density at radius 1 is 1.00 bits per heavy atom. The molecule has 13 heavy (non-hydrogen) atoms. The zero-order valence-corrected chi connectivity index (χ0v) is 8.68. The third-order valence-corrected chi connectivity index (χ3v) is 2.70. The van der Waals surface area contributed by atoms with Gasteiger partial charge in [0.15, 0.2) is 0 Å². The summed E-state index contributed by atoms with van der Waals surface area (Å²) in [5.74, 6) is 0. The van der Waals surface area contributed by atoms with E-state index >= 15 is 0 Å². The van der Waals surface area contributed by atoms with Crippen molar-refractivity contribution in [3.05, 3.63) is 35.0 Å². The molecule has 0 atom stereocenters. The summed E-state index contributed by atoms with van der Waals surface area (Å²) >= 11 is 0. The summed E-state index contributed by atoms with van der Waals surface area (Å²) in [6.07, 6.45) is 0. The summed E-state index contributed by atoms with van der Waals surface area (Å²) in [5, 5.41) is 1.36. The van der Waals surface area contributed by atoms with E-state index in [4.69, 9.17) is 0 Å². The molecular weight excluding hydrogens is 158 g/mol. The van der Waals surface area contributed by atoms with Crippen molar-refractivity contribution >= 4 is 10.9 Å². The van der Waals surface area contributed by atoms with Crippen LogP contribution in [0.4, 0.5) is 0 Å². The first-order valence-electron chi connectivity index (χ1n) is 4.63. The molecule has 0 amide bonds. The molecule has 1 aromatic heterocycles. The van der Waals surface area contributed by atoms with Gasteiger partial charge in [-0.15, -0.1) is 0 Å². The van der Waals surface area contributed by atoms with Crippen molar-refractivity contribution in [2.75, 3.05) is 0 Å². The van der Waals surface area contributed by atoms with E-state index in [9.17, 15) is 0 Å². The van der Waals surface area contributed by atoms with Crippen molar-refractivity contribution in [2.45, 2.75) is 20.8 Å². The first kappa shape index (κ1) is 8.36. The number of aryl methyl sites for hydroxylation is 4. The largest absolute Gasteiger partial charge is 0.348 e. The molecule has 0 radical (unpaired) electrons. The lowest BCUT2D eigenvalue weighted by molar-refractivity contribution is 0.914. The van der Waals surface area contributed by atoms with E-state index in [-0.39, 0.29) is 0 Å². The molecule has 2 aromatic rings. The Bertz CT molecular complexity index is 463. The highest BCUT2D eigenvalue weighted by molar-refractivity contribution is 5.85. The average molecular weight is 173 g/mol. The fraction of sp³-hybridized carbons (Fsp3) is 0.333. The quantitative estimate of drug-likeness (QED) is 0.577. The minimum atomic E-state index is 1.32. The Labute approximate surface area is 79.0 Å². The van der Waals surface area contributed by atoms with Crippen LogP contribution in [0.25, 0.3) is 10.9 Å². The monoisotopic (exact) mass is 173 g/mol. The second kappa shape index (κ2) is 2.63. The molecule has 0 aliphatic heterocycles. The van der Waals surface area contributed by atoms with Crippen LogP contribution in [0.3, 0.4) is 0 Å². The first-order chi connectivity index (χ1) is 6.09. The van der Waals surface area contributed by atoms with Gasteiger partial charge in [0.1, 0.15) is 0 Å². The van der Waals surface area contributed by atoms with Crippen LogP contribution in [0, 0.1) is 20.8 Å². The zero-order valence-electron chi connectivity index (χ0n) is 8.68. The van der Waals surface area contributed by atoms with Crippen LogP contribution in [0.15, 0.2) is 18.2 Å². The van der Waals surface area contributed by atoms with E-state index in [1.54, 1.807) is 0 Å². The summed E-state index contributed by atoms with van der Waals surface area (Å²) in [6.45, 7) is 6.47. The van der Waals surface area contributed by atoms with Gasteiger partial charge in [0.05, 0.1) is 5.52 Å². The lowest BCUT2D eigenvalue weighted by atomic mass is 10.1. The Kier molecular flexibility index (Phi) is 1.69. The number of rotatable bonds is 0. The van der Waals surface area contributed by atoms with Crippen LogP contribution < -0.4 is 0 Å². The van der Waals surface area contributed by atoms with Gasteiger partial charge in [-0.2, -0.15) is 0 Å². The van der Waals surface area contributed by atoms with Crippen LogP contribution in [-0.2, 0) is 7.05 Å². The molecule has 0 saturated heterocycles. The molecule has 1 aromatic carbocycles. The molecule has 0 bridgehead atoms. The number of fused-ring (bicyclic) bond motifs is 1. The van der Waals surface area contributed by atoms with Gasteiger partial charge in [-0.1, -0.05) is 11.6 Å². The Balaban J connectivity index is 2.94. The van der Waals surface area contributed by atoms with Gasteiger partial charge in [0, 0.05) is 18.1 Å². The average Bonchev–Trinajstić information content (AvgIpc) is 2.27. The Hall–Kier alpha value is -1.24. The standard InChI is InChI=1S/C12H15N/c1-8-5-9(2)12-11(6-8)7-10(3)13(12)4/h5-7H,1-4H3. The fourth-order valence-corrected chi connectivity index (χ4v) is 2.06. The lowest BCUT2D eigenvalue weighted by Crippen LogP contribution is -1.91. The molecule has 0 spiro atoms. The molecule has 68 valence electrons. The first-order valence-corrected chi connectivity index (χ1v) is 4.63. The normalized spacial score (nSPS) is 11.1. The molecule has 0 aliphatic carbocycles. The maximum absolute atomic E-state index is 2.25. The Morgan fingerprint density at radius 3 is 2.38 bits per heavy atom. The molecule has 0 saturated carbocycles. The van der Waals surface area contributed by atoms with E-state index in [0.29, 0.717) is 0 Å². The van der Waals surface area contributed by atoms with Crippen molar-refractivity contribution < 1.29 is 0 Å². The highest BCUT2D eigenvalue weighted by Crippen LogP contribution is 2.23. The second-order valence-electron chi connectivity index (χ2n) is 3.86.